The van der Waals surface area contributed by atoms with Crippen LogP contribution < -0.4 is 9.64 Å². The molecule has 3 rings (SSSR count). The number of carbonyl (C=O) groups excluding carboxylic acids is 1. The van der Waals surface area contributed by atoms with Gasteiger partial charge in [0, 0.05) is 37.4 Å². The van der Waals surface area contributed by atoms with Gasteiger partial charge in [0.1, 0.15) is 5.75 Å². The van der Waals surface area contributed by atoms with E-state index < -0.39 is 0 Å². The van der Waals surface area contributed by atoms with Crippen molar-refractivity contribution in [3.8, 4) is 5.75 Å². The highest BCUT2D eigenvalue weighted by Crippen LogP contribution is 2.18. The predicted octanol–water partition coefficient (Wildman–Crippen LogP) is 3.68. The average Bonchev–Trinajstić information content (AvgIpc) is 2.67. The summed E-state index contributed by atoms with van der Waals surface area (Å²) in [6, 6.07) is 17.9. The van der Waals surface area contributed by atoms with Crippen LogP contribution in [0.1, 0.15) is 24.2 Å². The molecule has 132 valence electrons. The van der Waals surface area contributed by atoms with Gasteiger partial charge in [0.05, 0.1) is 6.61 Å². The summed E-state index contributed by atoms with van der Waals surface area (Å²) in [6.45, 7) is 8.16. The van der Waals surface area contributed by atoms with E-state index in [2.05, 4.69) is 43.0 Å². The van der Waals surface area contributed by atoms with Crippen molar-refractivity contribution in [2.45, 2.75) is 13.8 Å². The fourth-order valence-electron chi connectivity index (χ4n) is 2.95. The molecular weight excluding hydrogens is 312 g/mol. The minimum Gasteiger partial charge on any atom is -0.493 e. The van der Waals surface area contributed by atoms with E-state index in [-0.39, 0.29) is 5.91 Å². The molecule has 1 aliphatic heterocycles. The van der Waals surface area contributed by atoms with Crippen LogP contribution in [0.2, 0.25) is 0 Å². The molecule has 4 nitrogen and oxygen atoms in total. The third-order valence-corrected chi connectivity index (χ3v) is 4.37. The van der Waals surface area contributed by atoms with Crippen LogP contribution in [0.15, 0.2) is 54.6 Å². The molecule has 25 heavy (non-hydrogen) atoms. The Kier molecular flexibility index (Phi) is 5.59. The Morgan fingerprint density at radius 1 is 0.960 bits per heavy atom. The highest BCUT2D eigenvalue weighted by atomic mass is 16.5. The number of para-hydroxylation sites is 1. The molecule has 0 radical (unpaired) electrons. The zero-order chi connectivity index (χ0) is 17.6. The summed E-state index contributed by atoms with van der Waals surface area (Å²) in [4.78, 5) is 16.9. The van der Waals surface area contributed by atoms with E-state index in [4.69, 9.17) is 4.74 Å². The van der Waals surface area contributed by atoms with Gasteiger partial charge in [-0.2, -0.15) is 0 Å². The normalized spacial score (nSPS) is 14.7. The van der Waals surface area contributed by atoms with Gasteiger partial charge >= 0.3 is 0 Å². The van der Waals surface area contributed by atoms with Crippen LogP contribution in [-0.4, -0.2) is 43.6 Å². The third kappa shape index (κ3) is 4.53. The van der Waals surface area contributed by atoms with Crippen LogP contribution in [0.25, 0.3) is 0 Å². The van der Waals surface area contributed by atoms with E-state index in [1.54, 1.807) is 0 Å². The van der Waals surface area contributed by atoms with Gasteiger partial charge in [-0.05, 0) is 42.3 Å². The summed E-state index contributed by atoms with van der Waals surface area (Å²) in [6.07, 6.45) is 0. The number of anilines is 1. The third-order valence-electron chi connectivity index (χ3n) is 4.37. The first-order valence-electron chi connectivity index (χ1n) is 8.95. The Morgan fingerprint density at radius 2 is 1.60 bits per heavy atom. The molecule has 0 unspecified atom stereocenters. The molecule has 0 aromatic heterocycles. The number of hydrogen-bond acceptors (Lipinski definition) is 3. The van der Waals surface area contributed by atoms with Crippen molar-refractivity contribution in [1.82, 2.24) is 4.90 Å². The number of hydrogen-bond donors (Lipinski definition) is 0. The Hall–Kier alpha value is -2.49. The zero-order valence-corrected chi connectivity index (χ0v) is 15.0. The van der Waals surface area contributed by atoms with Crippen LogP contribution >= 0.6 is 0 Å². The summed E-state index contributed by atoms with van der Waals surface area (Å²) in [5, 5.41) is 0. The fourth-order valence-corrected chi connectivity index (χ4v) is 2.95. The number of nitrogens with zero attached hydrogens (tertiary/aromatic N) is 2. The highest BCUT2D eigenvalue weighted by Gasteiger charge is 2.22. The first-order chi connectivity index (χ1) is 12.1. The lowest BCUT2D eigenvalue weighted by Gasteiger charge is -2.36. The molecule has 1 aliphatic rings. The Bertz CT molecular complexity index is 675. The molecule has 1 amide bonds. The molecule has 0 bridgehead atoms. The second kappa shape index (κ2) is 8.06. The fraction of sp³-hybridized carbons (Fsp3) is 0.381. The smallest absolute Gasteiger partial charge is 0.253 e. The first kappa shape index (κ1) is 17.3. The maximum absolute atomic E-state index is 12.7. The molecule has 4 heteroatoms. The SMILES string of the molecule is CC(C)COc1ccc(C(=O)N2CCN(c3ccccc3)CC2)cc1. The lowest BCUT2D eigenvalue weighted by molar-refractivity contribution is 0.0746. The number of amides is 1. The maximum Gasteiger partial charge on any atom is 0.253 e. The van der Waals surface area contributed by atoms with Gasteiger partial charge in [-0.25, -0.2) is 0 Å². The van der Waals surface area contributed by atoms with Crippen LogP contribution in [0.4, 0.5) is 5.69 Å². The quantitative estimate of drug-likeness (QED) is 0.834. The van der Waals surface area contributed by atoms with Gasteiger partial charge in [0.25, 0.3) is 5.91 Å². The molecule has 2 aromatic carbocycles. The predicted molar refractivity (Wildman–Crippen MR) is 101 cm³/mol. The molecular formula is C21H26N2O2. The molecule has 1 heterocycles. The van der Waals surface area contributed by atoms with E-state index in [1.807, 2.05) is 35.2 Å². The lowest BCUT2D eigenvalue weighted by Crippen LogP contribution is -2.48. The zero-order valence-electron chi connectivity index (χ0n) is 15.0. The van der Waals surface area contributed by atoms with Crippen LogP contribution in [0, 0.1) is 5.92 Å². The molecule has 0 N–H and O–H groups in total. The van der Waals surface area contributed by atoms with E-state index in [1.165, 1.54) is 5.69 Å². The molecule has 2 aromatic rings. The number of ether oxygens (including phenoxy) is 1. The van der Waals surface area contributed by atoms with Crippen molar-refractivity contribution in [3.05, 3.63) is 60.2 Å². The Balaban J connectivity index is 1.55. The second-order valence-corrected chi connectivity index (χ2v) is 6.84. The van der Waals surface area contributed by atoms with Crippen molar-refractivity contribution in [3.63, 3.8) is 0 Å². The van der Waals surface area contributed by atoms with Gasteiger partial charge in [-0.1, -0.05) is 32.0 Å². The molecule has 0 spiro atoms. The molecule has 0 aliphatic carbocycles. The van der Waals surface area contributed by atoms with Crippen molar-refractivity contribution >= 4 is 11.6 Å². The number of piperazine rings is 1. The van der Waals surface area contributed by atoms with Crippen molar-refractivity contribution in [1.29, 1.82) is 0 Å². The van der Waals surface area contributed by atoms with Gasteiger partial charge < -0.3 is 14.5 Å². The van der Waals surface area contributed by atoms with Crippen LogP contribution in [0.5, 0.6) is 5.75 Å². The number of benzene rings is 2. The van der Waals surface area contributed by atoms with Crippen molar-refractivity contribution < 1.29 is 9.53 Å². The van der Waals surface area contributed by atoms with Gasteiger partial charge in [0.2, 0.25) is 0 Å². The Morgan fingerprint density at radius 3 is 2.20 bits per heavy atom. The summed E-state index contributed by atoms with van der Waals surface area (Å²) in [5.74, 6) is 1.41. The topological polar surface area (TPSA) is 32.8 Å². The molecule has 0 saturated carbocycles. The van der Waals surface area contributed by atoms with Gasteiger partial charge in [-0.15, -0.1) is 0 Å². The molecule has 1 saturated heterocycles. The van der Waals surface area contributed by atoms with E-state index >= 15 is 0 Å². The van der Waals surface area contributed by atoms with E-state index in [9.17, 15) is 4.79 Å². The average molecular weight is 338 g/mol. The van der Waals surface area contributed by atoms with Crippen molar-refractivity contribution in [2.75, 3.05) is 37.7 Å². The number of carbonyl (C=O) groups is 1. The summed E-state index contributed by atoms with van der Waals surface area (Å²) >= 11 is 0. The largest absolute Gasteiger partial charge is 0.493 e. The molecule has 0 atom stereocenters. The highest BCUT2D eigenvalue weighted by molar-refractivity contribution is 5.94. The second-order valence-electron chi connectivity index (χ2n) is 6.84. The minimum absolute atomic E-state index is 0.100. The minimum atomic E-state index is 0.100. The maximum atomic E-state index is 12.7. The summed E-state index contributed by atoms with van der Waals surface area (Å²) < 4.78 is 5.68. The Labute approximate surface area is 150 Å². The van der Waals surface area contributed by atoms with Crippen LogP contribution in [0.3, 0.4) is 0 Å². The van der Waals surface area contributed by atoms with Crippen LogP contribution in [-0.2, 0) is 0 Å². The molecule has 1 fully saturated rings. The summed E-state index contributed by atoms with van der Waals surface area (Å²) in [5.41, 5.74) is 1.95. The lowest BCUT2D eigenvalue weighted by atomic mass is 10.1. The van der Waals surface area contributed by atoms with E-state index in [0.29, 0.717) is 12.5 Å². The first-order valence-corrected chi connectivity index (χ1v) is 8.95. The van der Waals surface area contributed by atoms with Crippen molar-refractivity contribution in [2.24, 2.45) is 5.92 Å². The van der Waals surface area contributed by atoms with Gasteiger partial charge in [-0.3, -0.25) is 4.79 Å². The number of rotatable bonds is 5. The monoisotopic (exact) mass is 338 g/mol. The van der Waals surface area contributed by atoms with Gasteiger partial charge in [0.15, 0.2) is 0 Å². The van der Waals surface area contributed by atoms with E-state index in [0.717, 1.165) is 37.5 Å². The standard InChI is InChI=1S/C21H26N2O2/c1-17(2)16-25-20-10-8-18(9-11-20)21(24)23-14-12-22(13-15-23)19-6-4-3-5-7-19/h3-11,17H,12-16H2,1-2H3. The summed E-state index contributed by atoms with van der Waals surface area (Å²) in [7, 11) is 0.